The summed E-state index contributed by atoms with van der Waals surface area (Å²) in [5, 5.41) is 0. The standard InChI is InChI=1S/C54H88O4/c1-13-39-29-37(8)32-54(10,33-39)53(56-12)58-44-26-22-41(23-27-44)49(36(6)7)31-51-38(9)50(51)30-42-16-14-18-46-45(42)17-15-19-47(46)52(55-11)57-43-24-20-40(21-25-43)48(35(4)5)28-34(2)3/h20,22,24,26,33-38,42,45-53H,13-19,21,23,25,27-32H2,1-12H3. The normalized spacial score (nSPS) is 34.9. The number of ether oxygens (including phenoxy) is 4. The van der Waals surface area contributed by atoms with E-state index < -0.39 is 0 Å². The summed E-state index contributed by atoms with van der Waals surface area (Å²) in [7, 11) is 3.72. The van der Waals surface area contributed by atoms with E-state index in [4.69, 9.17) is 18.9 Å². The van der Waals surface area contributed by atoms with Gasteiger partial charge in [-0.3, -0.25) is 0 Å². The predicted molar refractivity (Wildman–Crippen MR) is 243 cm³/mol. The molecule has 6 aliphatic rings. The fourth-order valence-electron chi connectivity index (χ4n) is 13.5. The summed E-state index contributed by atoms with van der Waals surface area (Å²) in [6, 6.07) is 0. The number of methoxy groups -OCH3 is 2. The van der Waals surface area contributed by atoms with Crippen LogP contribution in [0.2, 0.25) is 0 Å². The van der Waals surface area contributed by atoms with Gasteiger partial charge in [-0.1, -0.05) is 123 Å². The third-order valence-electron chi connectivity index (χ3n) is 16.6. The van der Waals surface area contributed by atoms with E-state index in [1.807, 2.05) is 14.2 Å². The van der Waals surface area contributed by atoms with Crippen LogP contribution >= 0.6 is 0 Å². The predicted octanol–water partition coefficient (Wildman–Crippen LogP) is 15.0. The minimum absolute atomic E-state index is 0.0872. The highest BCUT2D eigenvalue weighted by molar-refractivity contribution is 5.25. The van der Waals surface area contributed by atoms with Crippen molar-refractivity contribution in [2.75, 3.05) is 14.2 Å². The topological polar surface area (TPSA) is 36.9 Å². The van der Waals surface area contributed by atoms with Crippen molar-refractivity contribution in [3.05, 3.63) is 58.6 Å². The molecule has 3 fully saturated rings. The van der Waals surface area contributed by atoms with Crippen LogP contribution in [0.4, 0.5) is 0 Å². The van der Waals surface area contributed by atoms with Gasteiger partial charge in [0, 0.05) is 38.4 Å². The molecule has 0 bridgehead atoms. The van der Waals surface area contributed by atoms with E-state index in [1.165, 1.54) is 64.2 Å². The first-order chi connectivity index (χ1) is 27.7. The molecule has 0 spiro atoms. The Balaban J connectivity index is 1.05. The molecule has 0 aromatic heterocycles. The van der Waals surface area contributed by atoms with Gasteiger partial charge in [-0.2, -0.15) is 0 Å². The van der Waals surface area contributed by atoms with E-state index in [0.29, 0.717) is 35.5 Å². The molecule has 0 N–H and O–H groups in total. The highest BCUT2D eigenvalue weighted by Gasteiger charge is 2.51. The van der Waals surface area contributed by atoms with Gasteiger partial charge >= 0.3 is 0 Å². The minimum Gasteiger partial charge on any atom is -0.469 e. The molecule has 0 heterocycles. The van der Waals surface area contributed by atoms with E-state index >= 15 is 0 Å². The maximum Gasteiger partial charge on any atom is 0.207 e. The van der Waals surface area contributed by atoms with Gasteiger partial charge in [0.25, 0.3) is 0 Å². The van der Waals surface area contributed by atoms with Gasteiger partial charge in [0.2, 0.25) is 12.6 Å². The van der Waals surface area contributed by atoms with Crippen LogP contribution in [0.3, 0.4) is 0 Å². The second-order valence-corrected chi connectivity index (χ2v) is 21.9. The average Bonchev–Trinajstić information content (AvgIpc) is 3.81. The molecular formula is C54H88O4. The first-order valence-corrected chi connectivity index (χ1v) is 24.6. The van der Waals surface area contributed by atoms with E-state index in [9.17, 15) is 0 Å². The van der Waals surface area contributed by atoms with Crippen LogP contribution in [0.1, 0.15) is 172 Å². The molecule has 13 atom stereocenters. The van der Waals surface area contributed by atoms with Gasteiger partial charge in [0.15, 0.2) is 0 Å². The molecule has 0 aromatic carbocycles. The molecule has 0 saturated heterocycles. The van der Waals surface area contributed by atoms with Crippen molar-refractivity contribution in [1.29, 1.82) is 0 Å². The van der Waals surface area contributed by atoms with E-state index in [-0.39, 0.29) is 18.0 Å². The zero-order chi connectivity index (χ0) is 41.7. The summed E-state index contributed by atoms with van der Waals surface area (Å²) in [4.78, 5) is 0. The highest BCUT2D eigenvalue weighted by atomic mass is 16.7. The average molecular weight is 801 g/mol. The van der Waals surface area contributed by atoms with E-state index in [0.717, 1.165) is 91.5 Å². The van der Waals surface area contributed by atoms with Crippen LogP contribution in [0.5, 0.6) is 0 Å². The molecule has 0 amide bonds. The lowest BCUT2D eigenvalue weighted by molar-refractivity contribution is -0.165. The van der Waals surface area contributed by atoms with Gasteiger partial charge in [-0.05, 0) is 154 Å². The Kier molecular flexibility index (Phi) is 16.1. The summed E-state index contributed by atoms with van der Waals surface area (Å²) in [5.74, 6) is 11.9. The summed E-state index contributed by atoms with van der Waals surface area (Å²) < 4.78 is 25.8. The molecule has 0 aromatic rings. The van der Waals surface area contributed by atoms with Crippen LogP contribution in [0.25, 0.3) is 0 Å². The molecule has 0 radical (unpaired) electrons. The molecule has 4 nitrogen and oxygen atoms in total. The third-order valence-corrected chi connectivity index (χ3v) is 16.6. The monoisotopic (exact) mass is 801 g/mol. The van der Waals surface area contributed by atoms with Crippen LogP contribution in [0.15, 0.2) is 58.6 Å². The lowest BCUT2D eigenvalue weighted by Gasteiger charge is -2.47. The smallest absolute Gasteiger partial charge is 0.207 e. The summed E-state index contributed by atoms with van der Waals surface area (Å²) >= 11 is 0. The van der Waals surface area contributed by atoms with Crippen molar-refractivity contribution in [2.24, 2.45) is 82.3 Å². The van der Waals surface area contributed by atoms with Gasteiger partial charge in [0.05, 0.1) is 11.5 Å². The lowest BCUT2D eigenvalue weighted by atomic mass is 9.60. The lowest BCUT2D eigenvalue weighted by Crippen LogP contribution is -2.43. The highest BCUT2D eigenvalue weighted by Crippen LogP contribution is 2.59. The quantitative estimate of drug-likeness (QED) is 0.0963. The second kappa shape index (κ2) is 20.4. The van der Waals surface area contributed by atoms with Gasteiger partial charge in [0.1, 0.15) is 0 Å². The van der Waals surface area contributed by atoms with Gasteiger partial charge in [-0.15, -0.1) is 0 Å². The molecule has 6 aliphatic carbocycles. The molecule has 58 heavy (non-hydrogen) atoms. The fraction of sp³-hybridized carbons (Fsp3) is 0.815. The number of rotatable bonds is 19. The Labute approximate surface area is 357 Å². The zero-order valence-corrected chi connectivity index (χ0v) is 39.5. The fourth-order valence-corrected chi connectivity index (χ4v) is 13.5. The van der Waals surface area contributed by atoms with Crippen LogP contribution in [0, 0.1) is 82.3 Å². The maximum atomic E-state index is 6.83. The van der Waals surface area contributed by atoms with Crippen molar-refractivity contribution in [1.82, 2.24) is 0 Å². The van der Waals surface area contributed by atoms with Crippen molar-refractivity contribution >= 4 is 0 Å². The van der Waals surface area contributed by atoms with Crippen LogP contribution < -0.4 is 0 Å². The molecular weight excluding hydrogens is 713 g/mol. The number of fused-ring (bicyclic) bond motifs is 1. The summed E-state index contributed by atoms with van der Waals surface area (Å²) in [5.41, 5.74) is 4.73. The number of hydrogen-bond donors (Lipinski definition) is 0. The molecule has 0 aliphatic heterocycles. The van der Waals surface area contributed by atoms with Gasteiger partial charge in [-0.25, -0.2) is 0 Å². The van der Waals surface area contributed by atoms with Crippen LogP contribution in [-0.4, -0.2) is 26.8 Å². The van der Waals surface area contributed by atoms with E-state index in [2.05, 4.69) is 99.6 Å². The largest absolute Gasteiger partial charge is 0.469 e. The first-order valence-electron chi connectivity index (χ1n) is 24.6. The summed E-state index contributed by atoms with van der Waals surface area (Å²) in [6.07, 6.45) is 31.4. The first kappa shape index (κ1) is 45.7. The van der Waals surface area contributed by atoms with E-state index in [1.54, 1.807) is 16.7 Å². The Morgan fingerprint density at radius 2 is 1.36 bits per heavy atom. The van der Waals surface area contributed by atoms with Crippen molar-refractivity contribution in [3.8, 4) is 0 Å². The second-order valence-electron chi connectivity index (χ2n) is 21.9. The molecule has 4 heteroatoms. The Hall–Kier alpha value is -1.78. The summed E-state index contributed by atoms with van der Waals surface area (Å²) in [6.45, 7) is 24.0. The minimum atomic E-state index is -0.240. The van der Waals surface area contributed by atoms with Crippen molar-refractivity contribution in [2.45, 2.75) is 185 Å². The molecule has 13 unspecified atom stereocenters. The molecule has 3 saturated carbocycles. The molecule has 6 rings (SSSR count). The zero-order valence-electron chi connectivity index (χ0n) is 39.5. The molecule has 328 valence electrons. The van der Waals surface area contributed by atoms with Gasteiger partial charge < -0.3 is 18.9 Å². The third kappa shape index (κ3) is 11.0. The SMILES string of the molecule is CCC1=CC(C)(C(OC)OC2=CC=C(C(CC3C(C)C3CC3CCCC4C3CCCC4C(OC)OC3=CC=C(C(CC(C)C)C(C)C)CC3)C(C)C)CC2)CC(C)C1. The van der Waals surface area contributed by atoms with Crippen molar-refractivity contribution < 1.29 is 18.9 Å². The maximum absolute atomic E-state index is 6.83. The van der Waals surface area contributed by atoms with Crippen molar-refractivity contribution in [3.63, 3.8) is 0 Å². The Bertz CT molecular complexity index is 1490. The number of hydrogen-bond acceptors (Lipinski definition) is 4. The van der Waals surface area contributed by atoms with Crippen LogP contribution in [-0.2, 0) is 18.9 Å². The Morgan fingerprint density at radius 1 is 0.724 bits per heavy atom. The number of allylic oxidation sites excluding steroid dienone is 9. The Morgan fingerprint density at radius 3 is 1.95 bits per heavy atom.